The molecule has 1 N–H and O–H groups in total. The van der Waals surface area contributed by atoms with Gasteiger partial charge in [-0.25, -0.2) is 0 Å². The molecule has 0 fully saturated rings. The van der Waals surface area contributed by atoms with Crippen molar-refractivity contribution in [3.8, 4) is 0 Å². The van der Waals surface area contributed by atoms with E-state index in [-0.39, 0.29) is 36.6 Å². The van der Waals surface area contributed by atoms with Crippen LogP contribution in [-0.2, 0) is 20.7 Å². The first kappa shape index (κ1) is 22.6. The molecule has 10 heteroatoms. The lowest BCUT2D eigenvalue weighted by Gasteiger charge is -2.13. The second kappa shape index (κ2) is 9.82. The number of carbonyl (C=O) groups is 4. The molecule has 0 aromatic heterocycles. The number of esters is 1. The highest BCUT2D eigenvalue weighted by Gasteiger charge is 2.41. The minimum absolute atomic E-state index is 0.0755. The molecule has 2 aromatic rings. The van der Waals surface area contributed by atoms with Crippen LogP contribution < -0.4 is 5.32 Å². The van der Waals surface area contributed by atoms with Crippen LogP contribution in [-0.4, -0.2) is 53.2 Å². The molecule has 10 nitrogen and oxygen atoms in total. The summed E-state index contributed by atoms with van der Waals surface area (Å²) >= 11 is 0. The average molecular weight is 439 g/mol. The lowest BCUT2D eigenvalue weighted by molar-refractivity contribution is -0.385. The van der Waals surface area contributed by atoms with Gasteiger partial charge in [-0.3, -0.25) is 34.2 Å². The zero-order valence-corrected chi connectivity index (χ0v) is 17.3. The summed E-state index contributed by atoms with van der Waals surface area (Å²) in [7, 11) is 0. The quantitative estimate of drug-likeness (QED) is 0.207. The smallest absolute Gasteiger partial charge is 0.326 e. The number of hydrogen-bond acceptors (Lipinski definition) is 7. The van der Waals surface area contributed by atoms with Crippen LogP contribution in [0.15, 0.2) is 42.5 Å². The van der Waals surface area contributed by atoms with Gasteiger partial charge < -0.3 is 10.1 Å². The summed E-state index contributed by atoms with van der Waals surface area (Å²) in [4.78, 5) is 59.7. The van der Waals surface area contributed by atoms with Gasteiger partial charge in [-0.2, -0.15) is 0 Å². The summed E-state index contributed by atoms with van der Waals surface area (Å²) in [6, 6.07) is 11.6. The Bertz CT molecular complexity index is 1080. The molecule has 32 heavy (non-hydrogen) atoms. The fraction of sp³-hybridized carbons (Fsp3) is 0.273. The molecule has 0 spiro atoms. The number of nitro groups is 1. The standard InChI is InChI=1S/C22H21N3O7/c1-14-5-7-15(8-6-14)9-10-18(26)23-11-12-32-19(27)13-24-21(28)16-3-2-4-17(25(30)31)20(16)22(24)29/h2-8H,9-13H2,1H3,(H,23,26). The maximum Gasteiger partial charge on any atom is 0.326 e. The predicted octanol–water partition coefficient (Wildman–Crippen LogP) is 1.79. The van der Waals surface area contributed by atoms with Gasteiger partial charge in [0.2, 0.25) is 5.91 Å². The molecule has 0 saturated heterocycles. The van der Waals surface area contributed by atoms with Crippen molar-refractivity contribution >= 4 is 29.4 Å². The number of amides is 3. The lowest BCUT2D eigenvalue weighted by atomic mass is 10.1. The van der Waals surface area contributed by atoms with Crippen molar-refractivity contribution in [1.29, 1.82) is 0 Å². The molecule has 1 aliphatic rings. The van der Waals surface area contributed by atoms with Crippen molar-refractivity contribution in [1.82, 2.24) is 10.2 Å². The molecule has 0 aliphatic carbocycles. The van der Waals surface area contributed by atoms with E-state index in [2.05, 4.69) is 5.32 Å². The van der Waals surface area contributed by atoms with E-state index in [1.165, 1.54) is 12.1 Å². The Hall–Kier alpha value is -4.08. The van der Waals surface area contributed by atoms with Gasteiger partial charge in [-0.05, 0) is 25.0 Å². The van der Waals surface area contributed by atoms with Crippen LogP contribution in [0.4, 0.5) is 5.69 Å². The Morgan fingerprint density at radius 2 is 1.81 bits per heavy atom. The number of ether oxygens (including phenoxy) is 1. The van der Waals surface area contributed by atoms with E-state index in [4.69, 9.17) is 4.74 Å². The Kier molecular flexibility index (Phi) is 6.93. The molecule has 0 saturated carbocycles. The summed E-state index contributed by atoms with van der Waals surface area (Å²) < 4.78 is 4.97. The molecule has 0 radical (unpaired) electrons. The molecular formula is C22H21N3O7. The molecule has 3 rings (SSSR count). The van der Waals surface area contributed by atoms with Crippen LogP contribution in [0.3, 0.4) is 0 Å². The minimum atomic E-state index is -0.918. The van der Waals surface area contributed by atoms with Crippen molar-refractivity contribution in [2.45, 2.75) is 19.8 Å². The monoisotopic (exact) mass is 439 g/mol. The van der Waals surface area contributed by atoms with E-state index < -0.39 is 34.9 Å². The zero-order valence-electron chi connectivity index (χ0n) is 17.3. The van der Waals surface area contributed by atoms with Gasteiger partial charge in [-0.1, -0.05) is 35.9 Å². The van der Waals surface area contributed by atoms with Gasteiger partial charge in [0.1, 0.15) is 18.7 Å². The summed E-state index contributed by atoms with van der Waals surface area (Å²) in [5.41, 5.74) is 1.22. The summed E-state index contributed by atoms with van der Waals surface area (Å²) in [6.45, 7) is 1.24. The SMILES string of the molecule is Cc1ccc(CCC(=O)NCCOC(=O)CN2C(=O)c3cccc([N+](=O)[O-])c3C2=O)cc1. The fourth-order valence-corrected chi connectivity index (χ4v) is 3.24. The number of nitrogens with zero attached hydrogens (tertiary/aromatic N) is 2. The number of rotatable bonds is 9. The lowest BCUT2D eigenvalue weighted by Crippen LogP contribution is -2.36. The first-order chi connectivity index (χ1) is 15.3. The Morgan fingerprint density at radius 1 is 1.09 bits per heavy atom. The van der Waals surface area contributed by atoms with Crippen molar-refractivity contribution in [2.75, 3.05) is 19.7 Å². The number of aryl methyl sites for hydroxylation is 2. The predicted molar refractivity (Wildman–Crippen MR) is 112 cm³/mol. The van der Waals surface area contributed by atoms with Gasteiger partial charge in [0.15, 0.2) is 0 Å². The molecular weight excluding hydrogens is 418 g/mol. The normalized spacial score (nSPS) is 12.5. The third-order valence-corrected chi connectivity index (χ3v) is 4.91. The van der Waals surface area contributed by atoms with Crippen LogP contribution in [0.1, 0.15) is 38.3 Å². The third kappa shape index (κ3) is 5.15. The van der Waals surface area contributed by atoms with Crippen LogP contribution in [0, 0.1) is 17.0 Å². The van der Waals surface area contributed by atoms with E-state index in [0.29, 0.717) is 11.3 Å². The number of hydrogen-bond donors (Lipinski definition) is 1. The Labute approximate surface area is 183 Å². The number of carbonyl (C=O) groups excluding carboxylic acids is 4. The Morgan fingerprint density at radius 3 is 2.50 bits per heavy atom. The molecule has 166 valence electrons. The van der Waals surface area contributed by atoms with Gasteiger partial charge in [0.05, 0.1) is 17.0 Å². The van der Waals surface area contributed by atoms with Crippen LogP contribution in [0.2, 0.25) is 0 Å². The highest BCUT2D eigenvalue weighted by molar-refractivity contribution is 6.24. The molecule has 1 heterocycles. The van der Waals surface area contributed by atoms with Gasteiger partial charge in [-0.15, -0.1) is 0 Å². The topological polar surface area (TPSA) is 136 Å². The number of nitrogens with one attached hydrogen (secondary N) is 1. The second-order valence-electron chi connectivity index (χ2n) is 7.21. The average Bonchev–Trinajstić information content (AvgIpc) is 3.01. The second-order valence-corrected chi connectivity index (χ2v) is 7.21. The van der Waals surface area contributed by atoms with E-state index in [1.54, 1.807) is 0 Å². The van der Waals surface area contributed by atoms with Crippen molar-refractivity contribution in [2.24, 2.45) is 0 Å². The first-order valence-corrected chi connectivity index (χ1v) is 9.89. The fourth-order valence-electron chi connectivity index (χ4n) is 3.24. The number of imide groups is 1. The number of nitro benzene ring substituents is 1. The Balaban J connectivity index is 1.42. The van der Waals surface area contributed by atoms with E-state index in [0.717, 1.165) is 17.2 Å². The molecule has 0 unspecified atom stereocenters. The maximum atomic E-state index is 12.4. The summed E-state index contributed by atoms with van der Waals surface area (Å²) in [5, 5.41) is 13.7. The molecule has 0 atom stereocenters. The number of fused-ring (bicyclic) bond motifs is 1. The summed E-state index contributed by atoms with van der Waals surface area (Å²) in [5.74, 6) is -2.78. The van der Waals surface area contributed by atoms with Crippen molar-refractivity contribution in [3.63, 3.8) is 0 Å². The van der Waals surface area contributed by atoms with Crippen molar-refractivity contribution in [3.05, 3.63) is 74.8 Å². The minimum Gasteiger partial charge on any atom is -0.462 e. The molecule has 0 bridgehead atoms. The van der Waals surface area contributed by atoms with E-state index in [1.807, 2.05) is 31.2 Å². The van der Waals surface area contributed by atoms with Gasteiger partial charge in [0.25, 0.3) is 17.5 Å². The maximum absolute atomic E-state index is 12.4. The largest absolute Gasteiger partial charge is 0.462 e. The molecule has 2 aromatic carbocycles. The van der Waals surface area contributed by atoms with E-state index >= 15 is 0 Å². The van der Waals surface area contributed by atoms with Crippen LogP contribution in [0.25, 0.3) is 0 Å². The van der Waals surface area contributed by atoms with Gasteiger partial charge in [0, 0.05) is 12.5 Å². The first-order valence-electron chi connectivity index (χ1n) is 9.89. The van der Waals surface area contributed by atoms with Gasteiger partial charge >= 0.3 is 5.97 Å². The van der Waals surface area contributed by atoms with Crippen LogP contribution >= 0.6 is 0 Å². The highest BCUT2D eigenvalue weighted by atomic mass is 16.6. The molecule has 3 amide bonds. The zero-order chi connectivity index (χ0) is 23.3. The van der Waals surface area contributed by atoms with E-state index in [9.17, 15) is 29.3 Å². The molecule has 1 aliphatic heterocycles. The van der Waals surface area contributed by atoms with Crippen molar-refractivity contribution < 1.29 is 28.8 Å². The van der Waals surface area contributed by atoms with Crippen LogP contribution in [0.5, 0.6) is 0 Å². The highest BCUT2D eigenvalue weighted by Crippen LogP contribution is 2.30. The summed E-state index contributed by atoms with van der Waals surface area (Å²) in [6.07, 6.45) is 0.864. The number of benzene rings is 2. The third-order valence-electron chi connectivity index (χ3n) is 4.91.